The molecule has 13 heteroatoms. The van der Waals surface area contributed by atoms with Gasteiger partial charge in [-0.1, -0.05) is 43.6 Å². The molecule has 2 aromatic rings. The second kappa shape index (κ2) is 17.7. The predicted octanol–water partition coefficient (Wildman–Crippen LogP) is 2.60. The lowest BCUT2D eigenvalue weighted by Crippen LogP contribution is -2.57. The zero-order valence-corrected chi connectivity index (χ0v) is 25.5. The molecule has 0 fully saturated rings. The molecular formula is C28H37ClN4O6S2. The molecule has 4 amide bonds. The Labute approximate surface area is 254 Å². The van der Waals surface area contributed by atoms with Gasteiger partial charge in [0.2, 0.25) is 23.6 Å². The molecule has 0 saturated heterocycles. The van der Waals surface area contributed by atoms with Crippen molar-refractivity contribution in [3.8, 4) is 0 Å². The Morgan fingerprint density at radius 2 is 1.63 bits per heavy atom. The van der Waals surface area contributed by atoms with Gasteiger partial charge in [0.1, 0.15) is 18.1 Å². The van der Waals surface area contributed by atoms with Crippen LogP contribution in [0, 0.1) is 5.92 Å². The molecule has 1 heterocycles. The highest BCUT2D eigenvalue weighted by Crippen LogP contribution is 2.15. The molecule has 5 N–H and O–H groups in total. The summed E-state index contributed by atoms with van der Waals surface area (Å²) >= 11 is 11.8. The maximum absolute atomic E-state index is 13.2. The number of nitrogens with one attached hydrogen (secondary N) is 4. The molecular weight excluding hydrogens is 588 g/mol. The van der Waals surface area contributed by atoms with E-state index in [2.05, 4.69) is 33.9 Å². The third-order valence-corrected chi connectivity index (χ3v) is 7.52. The number of carboxylic acids is 1. The Kier molecular flexibility index (Phi) is 14.7. The van der Waals surface area contributed by atoms with Crippen molar-refractivity contribution in [2.45, 2.75) is 64.1 Å². The van der Waals surface area contributed by atoms with Crippen LogP contribution in [0.15, 0.2) is 41.1 Å². The second-order valence-electron chi connectivity index (χ2n) is 9.93. The molecule has 0 spiro atoms. The lowest BCUT2D eigenvalue weighted by Gasteiger charge is -2.26. The highest BCUT2D eigenvalue weighted by atomic mass is 35.5. The van der Waals surface area contributed by atoms with Crippen molar-refractivity contribution in [3.05, 3.63) is 57.2 Å². The largest absolute Gasteiger partial charge is 0.481 e. The summed E-state index contributed by atoms with van der Waals surface area (Å²) in [6, 6.07) is 5.93. The zero-order valence-electron chi connectivity index (χ0n) is 23.0. The maximum atomic E-state index is 13.2. The van der Waals surface area contributed by atoms with Crippen LogP contribution in [-0.4, -0.2) is 65.1 Å². The van der Waals surface area contributed by atoms with E-state index in [1.54, 1.807) is 17.5 Å². The first-order chi connectivity index (χ1) is 19.5. The molecule has 1 aromatic heterocycles. The molecule has 1 aromatic carbocycles. The Bertz CT molecular complexity index is 1180. The fourth-order valence-electron chi connectivity index (χ4n) is 3.95. The van der Waals surface area contributed by atoms with Gasteiger partial charge in [0.15, 0.2) is 0 Å². The summed E-state index contributed by atoms with van der Waals surface area (Å²) in [5, 5.41) is 24.0. The van der Waals surface area contributed by atoms with Gasteiger partial charge in [-0.25, -0.2) is 0 Å². The molecule has 0 unspecified atom stereocenters. The summed E-state index contributed by atoms with van der Waals surface area (Å²) < 4.78 is 0. The maximum Gasteiger partial charge on any atom is 0.303 e. The molecule has 41 heavy (non-hydrogen) atoms. The van der Waals surface area contributed by atoms with Gasteiger partial charge < -0.3 is 26.4 Å². The molecule has 3 atom stereocenters. The molecule has 0 aliphatic rings. The molecule has 0 aliphatic carbocycles. The monoisotopic (exact) mass is 624 g/mol. The first kappa shape index (κ1) is 34.1. The average Bonchev–Trinajstić information content (AvgIpc) is 3.42. The van der Waals surface area contributed by atoms with Gasteiger partial charge in [0, 0.05) is 23.7 Å². The van der Waals surface area contributed by atoms with E-state index in [0.717, 1.165) is 11.1 Å². The van der Waals surface area contributed by atoms with E-state index in [1.165, 1.54) is 11.3 Å². The highest BCUT2D eigenvalue weighted by molar-refractivity contribution is 7.80. The van der Waals surface area contributed by atoms with Crippen LogP contribution in [0.2, 0.25) is 5.02 Å². The highest BCUT2D eigenvalue weighted by Gasteiger charge is 2.30. The average molecular weight is 625 g/mol. The number of carbonyl (C=O) groups excluding carboxylic acids is 4. The summed E-state index contributed by atoms with van der Waals surface area (Å²) in [7, 11) is 0. The number of aliphatic carboxylic acids is 1. The van der Waals surface area contributed by atoms with Crippen LogP contribution in [0.3, 0.4) is 0 Å². The van der Waals surface area contributed by atoms with Crippen LogP contribution in [0.4, 0.5) is 0 Å². The Morgan fingerprint density at radius 3 is 2.24 bits per heavy atom. The summed E-state index contributed by atoms with van der Waals surface area (Å²) in [4.78, 5) is 62.9. The normalized spacial score (nSPS) is 13.1. The quantitative estimate of drug-likeness (QED) is 0.149. The van der Waals surface area contributed by atoms with Crippen molar-refractivity contribution in [3.63, 3.8) is 0 Å². The van der Waals surface area contributed by atoms with Crippen molar-refractivity contribution in [1.82, 2.24) is 21.3 Å². The molecule has 2 rings (SSSR count). The van der Waals surface area contributed by atoms with Crippen molar-refractivity contribution < 1.29 is 29.1 Å². The minimum Gasteiger partial charge on any atom is -0.481 e. The van der Waals surface area contributed by atoms with E-state index in [9.17, 15) is 24.0 Å². The van der Waals surface area contributed by atoms with Crippen LogP contribution < -0.4 is 21.3 Å². The summed E-state index contributed by atoms with van der Waals surface area (Å²) in [6.45, 7) is 4.04. The number of thiophene rings is 1. The lowest BCUT2D eigenvalue weighted by atomic mass is 10.0. The van der Waals surface area contributed by atoms with Gasteiger partial charge in [-0.15, -0.1) is 0 Å². The molecule has 0 bridgehead atoms. The Balaban J connectivity index is 2.03. The van der Waals surface area contributed by atoms with E-state index in [1.807, 2.05) is 37.4 Å². The van der Waals surface area contributed by atoms with Crippen molar-refractivity contribution in [2.24, 2.45) is 5.92 Å². The van der Waals surface area contributed by atoms with Gasteiger partial charge in [-0.3, -0.25) is 24.0 Å². The van der Waals surface area contributed by atoms with Crippen molar-refractivity contribution >= 4 is 65.2 Å². The zero-order chi connectivity index (χ0) is 30.4. The number of hydrogen-bond acceptors (Lipinski definition) is 7. The summed E-state index contributed by atoms with van der Waals surface area (Å²) in [5.74, 6) is -3.26. The molecule has 0 saturated carbocycles. The number of rotatable bonds is 17. The minimum absolute atomic E-state index is 0.00407. The first-order valence-corrected chi connectivity index (χ1v) is 15.2. The standard InChI is InChI=1S/C28H37ClN4O6S2/c1-17(2)13-22(28(39)33-23(15-40)26(37)30-11-9-19-5-3-4-6-20(19)29)32-27(38)21(7-8-25(35)36)31-24(34)14-18-10-12-41-16-18/h3-6,10,12,16-17,21-23,40H,7-9,11,13-15H2,1-2H3,(H,30,37)(H,31,34)(H,32,38)(H,33,39)(H,35,36)/t21-,22-,23-/m0/s1. The van der Waals surface area contributed by atoms with Gasteiger partial charge in [-0.2, -0.15) is 24.0 Å². The lowest BCUT2D eigenvalue weighted by molar-refractivity contribution is -0.138. The molecule has 224 valence electrons. The summed E-state index contributed by atoms with van der Waals surface area (Å²) in [6.07, 6.45) is 0.277. The van der Waals surface area contributed by atoms with Crippen LogP contribution in [0.1, 0.15) is 44.2 Å². The molecule has 0 aliphatic heterocycles. The molecule has 0 radical (unpaired) electrons. The third-order valence-electron chi connectivity index (χ3n) is 6.05. The Morgan fingerprint density at radius 1 is 0.951 bits per heavy atom. The van der Waals surface area contributed by atoms with E-state index in [-0.39, 0.29) is 37.4 Å². The van der Waals surface area contributed by atoms with Crippen molar-refractivity contribution in [1.29, 1.82) is 0 Å². The van der Waals surface area contributed by atoms with E-state index in [0.29, 0.717) is 18.0 Å². The second-order valence-corrected chi connectivity index (χ2v) is 11.5. The van der Waals surface area contributed by atoms with Gasteiger partial charge in [-0.05, 0) is 59.2 Å². The first-order valence-electron chi connectivity index (χ1n) is 13.2. The predicted molar refractivity (Wildman–Crippen MR) is 162 cm³/mol. The SMILES string of the molecule is CC(C)C[C@H](NC(=O)[C@H](CCC(=O)O)NC(=O)Cc1ccsc1)C(=O)N[C@@H](CS)C(=O)NCCc1ccccc1Cl. The number of amides is 4. The number of halogens is 1. The van der Waals surface area contributed by atoms with E-state index < -0.39 is 47.7 Å². The topological polar surface area (TPSA) is 154 Å². The fourth-order valence-corrected chi connectivity index (χ4v) is 5.10. The van der Waals surface area contributed by atoms with Crippen LogP contribution in [-0.2, 0) is 36.8 Å². The van der Waals surface area contributed by atoms with E-state index in [4.69, 9.17) is 16.7 Å². The van der Waals surface area contributed by atoms with Gasteiger partial charge >= 0.3 is 5.97 Å². The van der Waals surface area contributed by atoms with Crippen LogP contribution in [0.5, 0.6) is 0 Å². The third kappa shape index (κ3) is 12.5. The minimum atomic E-state index is -1.16. The number of thiol groups is 1. The van der Waals surface area contributed by atoms with Gasteiger partial charge in [0.25, 0.3) is 0 Å². The smallest absolute Gasteiger partial charge is 0.303 e. The van der Waals surface area contributed by atoms with Gasteiger partial charge in [0.05, 0.1) is 6.42 Å². The number of carboxylic acid groups (broad SMARTS) is 1. The summed E-state index contributed by atoms with van der Waals surface area (Å²) in [5.41, 5.74) is 1.64. The van der Waals surface area contributed by atoms with Crippen molar-refractivity contribution in [2.75, 3.05) is 12.3 Å². The number of benzene rings is 1. The molecule has 10 nitrogen and oxygen atoms in total. The van der Waals surface area contributed by atoms with Crippen LogP contribution in [0.25, 0.3) is 0 Å². The van der Waals surface area contributed by atoms with E-state index >= 15 is 0 Å². The fraction of sp³-hybridized carbons (Fsp3) is 0.464. The number of hydrogen-bond donors (Lipinski definition) is 6. The Hall–Kier alpha value is -3.09. The number of carbonyl (C=O) groups is 5. The van der Waals surface area contributed by atoms with Crippen LogP contribution >= 0.6 is 35.6 Å².